The van der Waals surface area contributed by atoms with Gasteiger partial charge in [-0.05, 0) is 46.9 Å². The Morgan fingerprint density at radius 2 is 1.53 bits per heavy atom. The molecule has 0 N–H and O–H groups in total. The van der Waals surface area contributed by atoms with Crippen molar-refractivity contribution in [1.29, 1.82) is 0 Å². The molecule has 0 saturated carbocycles. The van der Waals surface area contributed by atoms with Crippen LogP contribution < -0.4 is 9.80 Å². The van der Waals surface area contributed by atoms with Crippen LogP contribution in [0.25, 0.3) is 0 Å². The Bertz CT molecular complexity index is 519. The molecule has 0 bridgehead atoms. The molecular formula is C15H16IN3. The van der Waals surface area contributed by atoms with E-state index in [1.54, 1.807) is 0 Å². The highest BCUT2D eigenvalue weighted by Gasteiger charge is 2.17. The fourth-order valence-corrected chi connectivity index (χ4v) is 2.71. The molecule has 98 valence electrons. The molecular weight excluding hydrogens is 349 g/mol. The molecule has 0 amide bonds. The van der Waals surface area contributed by atoms with Crippen molar-refractivity contribution in [2.45, 2.75) is 0 Å². The maximum absolute atomic E-state index is 4.50. The van der Waals surface area contributed by atoms with Gasteiger partial charge in [-0.3, -0.25) is 0 Å². The van der Waals surface area contributed by atoms with Gasteiger partial charge < -0.3 is 9.80 Å². The Kier molecular flexibility index (Phi) is 3.87. The van der Waals surface area contributed by atoms with Gasteiger partial charge in [0.05, 0.1) is 0 Å². The number of pyridine rings is 1. The molecule has 1 aliphatic heterocycles. The van der Waals surface area contributed by atoms with E-state index in [1.807, 2.05) is 6.20 Å². The van der Waals surface area contributed by atoms with E-state index in [1.165, 1.54) is 9.26 Å². The summed E-state index contributed by atoms with van der Waals surface area (Å²) in [5.74, 6) is 1.09. The Morgan fingerprint density at radius 1 is 0.842 bits per heavy atom. The van der Waals surface area contributed by atoms with E-state index in [4.69, 9.17) is 0 Å². The zero-order valence-corrected chi connectivity index (χ0v) is 12.8. The van der Waals surface area contributed by atoms with Crippen LogP contribution in [-0.2, 0) is 0 Å². The summed E-state index contributed by atoms with van der Waals surface area (Å²) in [6.45, 7) is 4.17. The molecule has 1 aromatic heterocycles. The number of benzene rings is 1. The Balaban J connectivity index is 1.65. The van der Waals surface area contributed by atoms with Gasteiger partial charge in [-0.15, -0.1) is 0 Å². The quantitative estimate of drug-likeness (QED) is 0.763. The Labute approximate surface area is 127 Å². The van der Waals surface area contributed by atoms with Crippen molar-refractivity contribution in [2.75, 3.05) is 36.0 Å². The molecule has 0 aliphatic carbocycles. The van der Waals surface area contributed by atoms with Gasteiger partial charge in [-0.25, -0.2) is 4.98 Å². The number of rotatable bonds is 2. The van der Waals surface area contributed by atoms with Gasteiger partial charge in [0.25, 0.3) is 0 Å². The van der Waals surface area contributed by atoms with E-state index in [0.717, 1.165) is 32.0 Å². The lowest BCUT2D eigenvalue weighted by Gasteiger charge is -2.36. The molecule has 2 aromatic rings. The molecule has 1 aliphatic rings. The second-order valence-corrected chi connectivity index (χ2v) is 5.89. The molecule has 3 rings (SSSR count). The van der Waals surface area contributed by atoms with Crippen LogP contribution >= 0.6 is 22.6 Å². The summed E-state index contributed by atoms with van der Waals surface area (Å²) >= 11 is 2.29. The van der Waals surface area contributed by atoms with Crippen LogP contribution in [0.4, 0.5) is 11.5 Å². The van der Waals surface area contributed by atoms with Crippen LogP contribution in [0.3, 0.4) is 0 Å². The van der Waals surface area contributed by atoms with Crippen molar-refractivity contribution in [3.05, 3.63) is 52.2 Å². The van der Waals surface area contributed by atoms with E-state index < -0.39 is 0 Å². The number of anilines is 2. The molecule has 4 heteroatoms. The lowest BCUT2D eigenvalue weighted by molar-refractivity contribution is 0.647. The summed E-state index contributed by atoms with van der Waals surface area (Å²) < 4.78 is 1.18. The van der Waals surface area contributed by atoms with Gasteiger partial charge in [0.1, 0.15) is 5.82 Å². The van der Waals surface area contributed by atoms with Crippen molar-refractivity contribution in [1.82, 2.24) is 4.98 Å². The average molecular weight is 365 g/mol. The van der Waals surface area contributed by atoms with E-state index in [0.29, 0.717) is 0 Å². The summed E-state index contributed by atoms with van der Waals surface area (Å²) in [4.78, 5) is 9.29. The van der Waals surface area contributed by atoms with Gasteiger partial charge in [-0.2, -0.15) is 0 Å². The number of piperazine rings is 1. The maximum atomic E-state index is 4.50. The van der Waals surface area contributed by atoms with Crippen molar-refractivity contribution in [3.63, 3.8) is 0 Å². The number of nitrogens with zero attached hydrogens (tertiary/aromatic N) is 3. The summed E-state index contributed by atoms with van der Waals surface area (Å²) in [6.07, 6.45) is 1.93. The lowest BCUT2D eigenvalue weighted by Crippen LogP contribution is -2.46. The highest BCUT2D eigenvalue weighted by Crippen LogP contribution is 2.19. The molecule has 1 aromatic carbocycles. The predicted molar refractivity (Wildman–Crippen MR) is 87.8 cm³/mol. The molecule has 2 heterocycles. The van der Waals surface area contributed by atoms with Gasteiger partial charge in [0.2, 0.25) is 0 Å². The van der Waals surface area contributed by atoms with Crippen molar-refractivity contribution in [2.24, 2.45) is 0 Å². The van der Waals surface area contributed by atoms with Crippen LogP contribution in [0.5, 0.6) is 0 Å². The second kappa shape index (κ2) is 5.77. The van der Waals surface area contributed by atoms with E-state index in [2.05, 4.69) is 79.8 Å². The molecule has 0 spiro atoms. The molecule has 1 saturated heterocycles. The Hall–Kier alpha value is -1.30. The third kappa shape index (κ3) is 3.00. The monoisotopic (exact) mass is 365 g/mol. The SMILES string of the molecule is Ic1ccc(N2CCN(c3ccccc3)CC2)nc1. The number of hydrogen-bond acceptors (Lipinski definition) is 3. The predicted octanol–water partition coefficient (Wildman–Crippen LogP) is 3.01. The first-order valence-electron chi connectivity index (χ1n) is 6.49. The molecule has 19 heavy (non-hydrogen) atoms. The third-order valence-electron chi connectivity index (χ3n) is 3.44. The van der Waals surface area contributed by atoms with E-state index >= 15 is 0 Å². The number of hydrogen-bond donors (Lipinski definition) is 0. The highest BCUT2D eigenvalue weighted by molar-refractivity contribution is 14.1. The van der Waals surface area contributed by atoms with Gasteiger partial charge >= 0.3 is 0 Å². The van der Waals surface area contributed by atoms with E-state index in [9.17, 15) is 0 Å². The van der Waals surface area contributed by atoms with Crippen molar-refractivity contribution < 1.29 is 0 Å². The largest absolute Gasteiger partial charge is 0.368 e. The minimum absolute atomic E-state index is 1.03. The van der Waals surface area contributed by atoms with Crippen LogP contribution in [0.2, 0.25) is 0 Å². The topological polar surface area (TPSA) is 19.4 Å². The van der Waals surface area contributed by atoms with Crippen molar-refractivity contribution in [3.8, 4) is 0 Å². The first-order chi connectivity index (χ1) is 9.33. The van der Waals surface area contributed by atoms with Crippen LogP contribution in [-0.4, -0.2) is 31.2 Å². The van der Waals surface area contributed by atoms with Crippen molar-refractivity contribution >= 4 is 34.1 Å². The summed E-state index contributed by atoms with van der Waals surface area (Å²) in [5, 5.41) is 0. The summed E-state index contributed by atoms with van der Waals surface area (Å²) in [7, 11) is 0. The maximum Gasteiger partial charge on any atom is 0.128 e. The summed E-state index contributed by atoms with van der Waals surface area (Å²) in [6, 6.07) is 14.9. The fourth-order valence-electron chi connectivity index (χ4n) is 2.39. The minimum atomic E-state index is 1.03. The van der Waals surface area contributed by atoms with Crippen LogP contribution in [0.15, 0.2) is 48.7 Å². The van der Waals surface area contributed by atoms with E-state index in [-0.39, 0.29) is 0 Å². The van der Waals surface area contributed by atoms with Crippen LogP contribution in [0.1, 0.15) is 0 Å². The zero-order chi connectivity index (χ0) is 13.1. The molecule has 0 unspecified atom stereocenters. The molecule has 0 atom stereocenters. The highest BCUT2D eigenvalue weighted by atomic mass is 127. The normalized spacial score (nSPS) is 15.6. The Morgan fingerprint density at radius 3 is 2.16 bits per heavy atom. The minimum Gasteiger partial charge on any atom is -0.368 e. The third-order valence-corrected chi connectivity index (χ3v) is 4.07. The second-order valence-electron chi connectivity index (χ2n) is 4.64. The van der Waals surface area contributed by atoms with Gasteiger partial charge in [0.15, 0.2) is 0 Å². The van der Waals surface area contributed by atoms with Gasteiger partial charge in [-0.1, -0.05) is 18.2 Å². The number of halogens is 1. The average Bonchev–Trinajstić information content (AvgIpc) is 2.49. The molecule has 3 nitrogen and oxygen atoms in total. The fraction of sp³-hybridized carbons (Fsp3) is 0.267. The zero-order valence-electron chi connectivity index (χ0n) is 10.7. The molecule has 1 fully saturated rings. The smallest absolute Gasteiger partial charge is 0.128 e. The molecule has 0 radical (unpaired) electrons. The van der Waals surface area contributed by atoms with Crippen LogP contribution in [0, 0.1) is 3.57 Å². The first-order valence-corrected chi connectivity index (χ1v) is 7.57. The number of aromatic nitrogens is 1. The standard InChI is InChI=1S/C15H16IN3/c16-13-6-7-15(17-12-13)19-10-8-18(9-11-19)14-4-2-1-3-5-14/h1-7,12H,8-11H2. The summed E-state index contributed by atoms with van der Waals surface area (Å²) in [5.41, 5.74) is 1.32. The van der Waals surface area contributed by atoms with Gasteiger partial charge in [0, 0.05) is 41.6 Å². The number of para-hydroxylation sites is 1. The first kappa shape index (κ1) is 12.7. The lowest BCUT2D eigenvalue weighted by atomic mass is 10.2.